The molecule has 0 spiro atoms. The molecule has 25 heavy (non-hydrogen) atoms. The van der Waals surface area contributed by atoms with Gasteiger partial charge in [0, 0.05) is 0 Å². The van der Waals surface area contributed by atoms with Crippen molar-refractivity contribution in [3.8, 4) is 5.75 Å². The Morgan fingerprint density at radius 3 is 2.44 bits per heavy atom. The zero-order valence-electron chi connectivity index (χ0n) is 16.8. The molecule has 2 heteroatoms. The normalized spacial score (nSPS) is 41.6. The molecule has 0 radical (unpaired) electrons. The quantitative estimate of drug-likeness (QED) is 0.775. The molecule has 0 aromatic heterocycles. The van der Waals surface area contributed by atoms with Crippen LogP contribution < -0.4 is 4.74 Å². The van der Waals surface area contributed by atoms with Gasteiger partial charge in [0.15, 0.2) is 0 Å². The summed E-state index contributed by atoms with van der Waals surface area (Å²) in [5, 5.41) is 10.7. The van der Waals surface area contributed by atoms with E-state index in [-0.39, 0.29) is 16.9 Å². The Labute approximate surface area is 153 Å². The first-order valence-corrected chi connectivity index (χ1v) is 10.0. The zero-order valence-corrected chi connectivity index (χ0v) is 16.8. The lowest BCUT2D eigenvalue weighted by atomic mass is 9.43. The number of aliphatic hydroxyl groups excluding tert-OH is 1. The minimum atomic E-state index is -0.152. The third-order valence-corrected chi connectivity index (χ3v) is 8.65. The van der Waals surface area contributed by atoms with Crippen LogP contribution in [0.15, 0.2) is 12.1 Å². The van der Waals surface area contributed by atoms with E-state index in [1.54, 1.807) is 12.7 Å². The number of benzene rings is 1. The number of rotatable bonds is 1. The van der Waals surface area contributed by atoms with E-state index in [1.807, 2.05) is 0 Å². The number of ether oxygens (including phenoxy) is 1. The predicted molar refractivity (Wildman–Crippen MR) is 102 cm³/mol. The Morgan fingerprint density at radius 2 is 1.76 bits per heavy atom. The highest BCUT2D eigenvalue weighted by atomic mass is 16.5. The molecule has 4 rings (SSSR count). The molecular weight excluding hydrogens is 308 g/mol. The van der Waals surface area contributed by atoms with Crippen LogP contribution in [0.5, 0.6) is 5.75 Å². The Morgan fingerprint density at radius 1 is 1.04 bits per heavy atom. The van der Waals surface area contributed by atoms with Crippen molar-refractivity contribution in [1.29, 1.82) is 0 Å². The lowest BCUT2D eigenvalue weighted by Crippen LogP contribution is -2.58. The first kappa shape index (κ1) is 17.4. The van der Waals surface area contributed by atoms with Gasteiger partial charge in [0.2, 0.25) is 0 Å². The first-order chi connectivity index (χ1) is 11.6. The summed E-state index contributed by atoms with van der Waals surface area (Å²) in [5.41, 5.74) is 5.12. The van der Waals surface area contributed by atoms with Gasteiger partial charge in [-0.15, -0.1) is 0 Å². The van der Waals surface area contributed by atoms with Crippen LogP contribution in [0.4, 0.5) is 0 Å². The van der Waals surface area contributed by atoms with Gasteiger partial charge in [0.1, 0.15) is 5.75 Å². The molecule has 0 saturated heterocycles. The van der Waals surface area contributed by atoms with Crippen LogP contribution in [0.3, 0.4) is 0 Å². The summed E-state index contributed by atoms with van der Waals surface area (Å²) in [6, 6.07) is 4.50. The van der Waals surface area contributed by atoms with Gasteiger partial charge in [-0.25, -0.2) is 0 Å². The van der Waals surface area contributed by atoms with E-state index in [2.05, 4.69) is 46.8 Å². The highest BCUT2D eigenvalue weighted by Gasteiger charge is 2.62. The van der Waals surface area contributed by atoms with E-state index in [9.17, 15) is 5.11 Å². The topological polar surface area (TPSA) is 29.5 Å². The second-order valence-electron chi connectivity index (χ2n) is 10.1. The van der Waals surface area contributed by atoms with Crippen LogP contribution in [0.25, 0.3) is 0 Å². The third kappa shape index (κ3) is 2.13. The van der Waals surface area contributed by atoms with E-state index in [0.717, 1.165) is 18.6 Å². The monoisotopic (exact) mass is 342 g/mol. The molecule has 0 heterocycles. The second kappa shape index (κ2) is 5.25. The van der Waals surface area contributed by atoms with E-state index < -0.39 is 0 Å². The fraction of sp³-hybridized carbons (Fsp3) is 0.739. The molecular formula is C23H34O2. The molecule has 1 N–H and O–H groups in total. The lowest BCUT2D eigenvalue weighted by Gasteiger charge is -2.62. The van der Waals surface area contributed by atoms with E-state index in [1.165, 1.54) is 30.4 Å². The Hall–Kier alpha value is -1.02. The summed E-state index contributed by atoms with van der Waals surface area (Å²) in [4.78, 5) is 0. The fourth-order valence-corrected chi connectivity index (χ4v) is 7.44. The Balaban J connectivity index is 1.81. The van der Waals surface area contributed by atoms with Crippen molar-refractivity contribution in [2.45, 2.75) is 78.2 Å². The number of aliphatic hydroxyl groups is 1. The number of hydrogen-bond donors (Lipinski definition) is 1. The molecule has 1 aromatic carbocycles. The van der Waals surface area contributed by atoms with Gasteiger partial charge in [-0.3, -0.25) is 0 Å². The molecule has 3 aliphatic rings. The van der Waals surface area contributed by atoms with Gasteiger partial charge >= 0.3 is 0 Å². The summed E-state index contributed by atoms with van der Waals surface area (Å²) in [6.07, 6.45) is 5.61. The van der Waals surface area contributed by atoms with Gasteiger partial charge < -0.3 is 9.84 Å². The van der Waals surface area contributed by atoms with Crippen LogP contribution in [-0.4, -0.2) is 18.3 Å². The highest BCUT2D eigenvalue weighted by Crippen LogP contribution is 2.67. The largest absolute Gasteiger partial charge is 0.497 e. The average molecular weight is 343 g/mol. The molecule has 1 aromatic rings. The minimum absolute atomic E-state index is 0.0236. The summed E-state index contributed by atoms with van der Waals surface area (Å²) >= 11 is 0. The molecule has 0 unspecified atom stereocenters. The number of fused-ring (bicyclic) bond motifs is 5. The minimum Gasteiger partial charge on any atom is -0.497 e. The molecule has 2 saturated carbocycles. The van der Waals surface area contributed by atoms with Crippen molar-refractivity contribution in [2.24, 2.45) is 22.7 Å². The van der Waals surface area contributed by atoms with Crippen molar-refractivity contribution in [1.82, 2.24) is 0 Å². The SMILES string of the molecule is COc1cc(C)c2c(c1)C[C@@H]1[C@@]3(C)CC[C@H](O)C(C)(C)[C@@H]3CC[C@@]21C. The molecule has 0 bridgehead atoms. The molecule has 0 amide bonds. The smallest absolute Gasteiger partial charge is 0.119 e. The highest BCUT2D eigenvalue weighted by molar-refractivity contribution is 5.51. The molecule has 2 fully saturated rings. The summed E-state index contributed by atoms with van der Waals surface area (Å²) in [6.45, 7) is 11.9. The maximum absolute atomic E-state index is 10.7. The summed E-state index contributed by atoms with van der Waals surface area (Å²) in [5.74, 6) is 2.28. The predicted octanol–water partition coefficient (Wildman–Crippen LogP) is 5.03. The van der Waals surface area contributed by atoms with Gasteiger partial charge in [0.25, 0.3) is 0 Å². The lowest BCUT2D eigenvalue weighted by molar-refractivity contribution is -0.151. The third-order valence-electron chi connectivity index (χ3n) is 8.65. The summed E-state index contributed by atoms with van der Waals surface area (Å²) < 4.78 is 5.55. The van der Waals surface area contributed by atoms with Gasteiger partial charge in [-0.1, -0.05) is 27.7 Å². The van der Waals surface area contributed by atoms with Crippen LogP contribution in [-0.2, 0) is 11.8 Å². The molecule has 2 nitrogen and oxygen atoms in total. The van der Waals surface area contributed by atoms with Gasteiger partial charge in [-0.2, -0.15) is 0 Å². The maximum atomic E-state index is 10.7. The van der Waals surface area contributed by atoms with E-state index >= 15 is 0 Å². The average Bonchev–Trinajstić information content (AvgIpc) is 2.86. The van der Waals surface area contributed by atoms with Crippen molar-refractivity contribution < 1.29 is 9.84 Å². The van der Waals surface area contributed by atoms with E-state index in [4.69, 9.17) is 4.74 Å². The standard InChI is InChI=1S/C23H34O2/c1-14-11-16(25-6)12-15-13-18-22(4)10-8-19(24)21(2,3)17(22)7-9-23(18,5)20(14)15/h11-12,17-19,24H,7-10,13H2,1-6H3/t17-,18+,19-,22-,23+/m0/s1. The second-order valence-corrected chi connectivity index (χ2v) is 10.1. The zero-order chi connectivity index (χ0) is 18.2. The van der Waals surface area contributed by atoms with Crippen LogP contribution in [0.1, 0.15) is 70.1 Å². The van der Waals surface area contributed by atoms with E-state index in [0.29, 0.717) is 17.3 Å². The molecule has 5 atom stereocenters. The van der Waals surface area contributed by atoms with Crippen molar-refractivity contribution in [2.75, 3.05) is 7.11 Å². The van der Waals surface area contributed by atoms with Gasteiger partial charge in [-0.05, 0) is 95.9 Å². The number of methoxy groups -OCH3 is 1. The van der Waals surface area contributed by atoms with Crippen molar-refractivity contribution >= 4 is 0 Å². The first-order valence-electron chi connectivity index (χ1n) is 10.0. The summed E-state index contributed by atoms with van der Waals surface area (Å²) in [7, 11) is 1.77. The Bertz CT molecular complexity index is 706. The van der Waals surface area contributed by atoms with Crippen LogP contribution in [0, 0.1) is 29.6 Å². The van der Waals surface area contributed by atoms with Crippen LogP contribution in [0.2, 0.25) is 0 Å². The van der Waals surface area contributed by atoms with Crippen molar-refractivity contribution in [3.63, 3.8) is 0 Å². The fourth-order valence-electron chi connectivity index (χ4n) is 7.44. The molecule has 138 valence electrons. The van der Waals surface area contributed by atoms with Crippen LogP contribution >= 0.6 is 0 Å². The molecule has 3 aliphatic carbocycles. The Kier molecular flexibility index (Phi) is 3.65. The number of aryl methyl sites for hydroxylation is 1. The molecule has 0 aliphatic heterocycles. The maximum Gasteiger partial charge on any atom is 0.119 e. The van der Waals surface area contributed by atoms with Crippen molar-refractivity contribution in [3.05, 3.63) is 28.8 Å². The van der Waals surface area contributed by atoms with Gasteiger partial charge in [0.05, 0.1) is 13.2 Å². The number of hydrogen-bond acceptors (Lipinski definition) is 2.